The van der Waals surface area contributed by atoms with Gasteiger partial charge in [-0.25, -0.2) is 0 Å². The lowest BCUT2D eigenvalue weighted by molar-refractivity contribution is 0.429. The summed E-state index contributed by atoms with van der Waals surface area (Å²) in [5.74, 6) is 0.907. The number of nitrogens with two attached hydrogens (primary N) is 1. The predicted octanol–water partition coefficient (Wildman–Crippen LogP) is 3.11. The Morgan fingerprint density at radius 3 is 2.74 bits per heavy atom. The molecule has 0 radical (unpaired) electrons. The molecular weight excluding hydrogens is 232 g/mol. The van der Waals surface area contributed by atoms with Crippen molar-refractivity contribution in [1.82, 2.24) is 5.32 Å². The van der Waals surface area contributed by atoms with Crippen LogP contribution in [0.2, 0.25) is 0 Å². The van der Waals surface area contributed by atoms with Gasteiger partial charge >= 0.3 is 0 Å². The first-order valence-electron chi connectivity index (χ1n) is 7.77. The van der Waals surface area contributed by atoms with Crippen LogP contribution in [0.3, 0.4) is 0 Å². The van der Waals surface area contributed by atoms with Gasteiger partial charge in [0.05, 0.1) is 0 Å². The number of benzene rings is 1. The van der Waals surface area contributed by atoms with Gasteiger partial charge in [0.2, 0.25) is 0 Å². The van der Waals surface area contributed by atoms with Crippen LogP contribution in [0.1, 0.15) is 44.6 Å². The Morgan fingerprint density at radius 1 is 1.16 bits per heavy atom. The molecule has 106 valence electrons. The first-order valence-corrected chi connectivity index (χ1v) is 7.77. The second kappa shape index (κ2) is 7.66. The van der Waals surface area contributed by atoms with Gasteiger partial charge in [0, 0.05) is 18.6 Å². The summed E-state index contributed by atoms with van der Waals surface area (Å²) in [5, 5.41) is 3.68. The summed E-state index contributed by atoms with van der Waals surface area (Å²) in [6.45, 7) is 3.32. The molecule has 2 heteroatoms. The van der Waals surface area contributed by atoms with Gasteiger partial charge in [-0.3, -0.25) is 0 Å². The van der Waals surface area contributed by atoms with Crippen molar-refractivity contribution < 1.29 is 0 Å². The monoisotopic (exact) mass is 260 g/mol. The standard InChI is InChI=1S/C17H28N2/c1-14-6-5-9-17(11-10-14)19-13-16(18)12-15-7-3-2-4-8-15/h2-4,7-8,14,16-17,19H,5-6,9-13,18H2,1H3. The summed E-state index contributed by atoms with van der Waals surface area (Å²) < 4.78 is 0. The lowest BCUT2D eigenvalue weighted by Crippen LogP contribution is -2.40. The molecule has 0 saturated heterocycles. The van der Waals surface area contributed by atoms with Crippen molar-refractivity contribution in [3.63, 3.8) is 0 Å². The van der Waals surface area contributed by atoms with Crippen LogP contribution in [-0.2, 0) is 6.42 Å². The molecule has 0 bridgehead atoms. The normalized spacial score (nSPS) is 25.8. The van der Waals surface area contributed by atoms with Gasteiger partial charge in [-0.2, -0.15) is 0 Å². The molecule has 19 heavy (non-hydrogen) atoms. The minimum absolute atomic E-state index is 0.225. The first-order chi connectivity index (χ1) is 9.24. The summed E-state index contributed by atoms with van der Waals surface area (Å²) in [4.78, 5) is 0. The number of hydrogen-bond donors (Lipinski definition) is 2. The lowest BCUT2D eigenvalue weighted by atomic mass is 10.0. The Morgan fingerprint density at radius 2 is 1.95 bits per heavy atom. The van der Waals surface area contributed by atoms with Crippen LogP contribution in [0.4, 0.5) is 0 Å². The molecule has 0 heterocycles. The van der Waals surface area contributed by atoms with E-state index in [1.54, 1.807) is 0 Å². The smallest absolute Gasteiger partial charge is 0.0206 e. The predicted molar refractivity (Wildman–Crippen MR) is 82.2 cm³/mol. The fourth-order valence-corrected chi connectivity index (χ4v) is 3.00. The van der Waals surface area contributed by atoms with E-state index in [-0.39, 0.29) is 6.04 Å². The largest absolute Gasteiger partial charge is 0.326 e. The quantitative estimate of drug-likeness (QED) is 0.798. The molecule has 1 aromatic carbocycles. The van der Waals surface area contributed by atoms with Crippen molar-refractivity contribution in [2.75, 3.05) is 6.54 Å². The molecule has 0 amide bonds. The maximum absolute atomic E-state index is 6.23. The van der Waals surface area contributed by atoms with Crippen molar-refractivity contribution >= 4 is 0 Å². The second-order valence-electron chi connectivity index (χ2n) is 6.17. The van der Waals surface area contributed by atoms with Crippen LogP contribution in [0, 0.1) is 5.92 Å². The van der Waals surface area contributed by atoms with Gasteiger partial charge in [0.25, 0.3) is 0 Å². The van der Waals surface area contributed by atoms with Crippen molar-refractivity contribution in [2.45, 2.75) is 57.5 Å². The molecule has 2 rings (SSSR count). The fourth-order valence-electron chi connectivity index (χ4n) is 3.00. The Bertz CT molecular complexity index is 350. The number of rotatable bonds is 5. The zero-order valence-electron chi connectivity index (χ0n) is 12.1. The summed E-state index contributed by atoms with van der Waals surface area (Å²) in [7, 11) is 0. The van der Waals surface area contributed by atoms with Crippen LogP contribution < -0.4 is 11.1 Å². The Balaban J connectivity index is 1.69. The molecular formula is C17H28N2. The third-order valence-corrected chi connectivity index (χ3v) is 4.27. The highest BCUT2D eigenvalue weighted by molar-refractivity contribution is 5.15. The SMILES string of the molecule is CC1CCCC(NCC(N)Cc2ccccc2)CC1. The van der Waals surface area contributed by atoms with E-state index in [2.05, 4.69) is 42.6 Å². The Kier molecular flexibility index (Phi) is 5.87. The van der Waals surface area contributed by atoms with Gasteiger partial charge in [-0.05, 0) is 37.2 Å². The van der Waals surface area contributed by atoms with Crippen LogP contribution in [0.25, 0.3) is 0 Å². The maximum atomic E-state index is 6.23. The second-order valence-corrected chi connectivity index (χ2v) is 6.17. The zero-order chi connectivity index (χ0) is 13.5. The molecule has 1 saturated carbocycles. The number of hydrogen-bond acceptors (Lipinski definition) is 2. The number of nitrogens with one attached hydrogen (secondary N) is 1. The van der Waals surface area contributed by atoms with Gasteiger partial charge in [0.1, 0.15) is 0 Å². The van der Waals surface area contributed by atoms with Crippen molar-refractivity contribution in [3.05, 3.63) is 35.9 Å². The summed E-state index contributed by atoms with van der Waals surface area (Å²) in [6.07, 6.45) is 7.74. The molecule has 1 fully saturated rings. The summed E-state index contributed by atoms with van der Waals surface area (Å²) in [6, 6.07) is 11.5. The van der Waals surface area contributed by atoms with E-state index in [9.17, 15) is 0 Å². The van der Waals surface area contributed by atoms with E-state index < -0.39 is 0 Å². The summed E-state index contributed by atoms with van der Waals surface area (Å²) >= 11 is 0. The lowest BCUT2D eigenvalue weighted by Gasteiger charge is -2.20. The fraction of sp³-hybridized carbons (Fsp3) is 0.647. The molecule has 1 aliphatic carbocycles. The topological polar surface area (TPSA) is 38.0 Å². The van der Waals surface area contributed by atoms with E-state index >= 15 is 0 Å². The van der Waals surface area contributed by atoms with Gasteiger partial charge in [-0.15, -0.1) is 0 Å². The van der Waals surface area contributed by atoms with Crippen molar-refractivity contribution in [2.24, 2.45) is 11.7 Å². The van der Waals surface area contributed by atoms with Crippen LogP contribution in [-0.4, -0.2) is 18.6 Å². The van der Waals surface area contributed by atoms with E-state index in [4.69, 9.17) is 5.73 Å². The van der Waals surface area contributed by atoms with Crippen molar-refractivity contribution in [1.29, 1.82) is 0 Å². The first kappa shape index (κ1) is 14.5. The van der Waals surface area contributed by atoms with E-state index in [0.29, 0.717) is 6.04 Å². The Hall–Kier alpha value is -0.860. The van der Waals surface area contributed by atoms with Gasteiger partial charge in [-0.1, -0.05) is 50.1 Å². The van der Waals surface area contributed by atoms with E-state index in [1.807, 2.05) is 0 Å². The highest BCUT2D eigenvalue weighted by Gasteiger charge is 2.16. The highest BCUT2D eigenvalue weighted by Crippen LogP contribution is 2.22. The molecule has 0 spiro atoms. The third-order valence-electron chi connectivity index (χ3n) is 4.27. The molecule has 3 unspecified atom stereocenters. The Labute approximate surface area is 117 Å². The van der Waals surface area contributed by atoms with Gasteiger partial charge < -0.3 is 11.1 Å². The van der Waals surface area contributed by atoms with E-state index in [1.165, 1.54) is 37.7 Å². The van der Waals surface area contributed by atoms with Crippen LogP contribution >= 0.6 is 0 Å². The molecule has 1 aliphatic rings. The summed E-state index contributed by atoms with van der Waals surface area (Å²) in [5.41, 5.74) is 7.57. The van der Waals surface area contributed by atoms with Gasteiger partial charge in [0.15, 0.2) is 0 Å². The minimum atomic E-state index is 0.225. The van der Waals surface area contributed by atoms with Crippen LogP contribution in [0.5, 0.6) is 0 Å². The van der Waals surface area contributed by atoms with Crippen LogP contribution in [0.15, 0.2) is 30.3 Å². The molecule has 1 aromatic rings. The van der Waals surface area contributed by atoms with Crippen molar-refractivity contribution in [3.8, 4) is 0 Å². The van der Waals surface area contributed by atoms with E-state index in [0.717, 1.165) is 18.9 Å². The molecule has 3 atom stereocenters. The molecule has 0 aliphatic heterocycles. The minimum Gasteiger partial charge on any atom is -0.326 e. The zero-order valence-corrected chi connectivity index (χ0v) is 12.1. The molecule has 0 aromatic heterocycles. The average molecular weight is 260 g/mol. The average Bonchev–Trinajstić information content (AvgIpc) is 2.62. The highest BCUT2D eigenvalue weighted by atomic mass is 14.9. The third kappa shape index (κ3) is 5.33. The molecule has 3 N–H and O–H groups in total. The molecule has 2 nitrogen and oxygen atoms in total. The maximum Gasteiger partial charge on any atom is 0.0206 e.